The highest BCUT2D eigenvalue weighted by Gasteiger charge is 2.24. The molecule has 0 aromatic carbocycles. The van der Waals surface area contributed by atoms with Gasteiger partial charge in [-0.15, -0.1) is 0 Å². The molecule has 0 heterocycles. The third-order valence-electron chi connectivity index (χ3n) is 1.98. The summed E-state index contributed by atoms with van der Waals surface area (Å²) >= 11 is 0. The number of carbonyl (C=O) groups excluding carboxylic acids is 1. The minimum Gasteiger partial charge on any atom is -0.480 e. The molecule has 0 rings (SSSR count). The van der Waals surface area contributed by atoms with Gasteiger partial charge in [0.05, 0.1) is 0 Å². The van der Waals surface area contributed by atoms with Gasteiger partial charge in [0.2, 0.25) is 5.91 Å². The van der Waals surface area contributed by atoms with Crippen molar-refractivity contribution in [2.75, 3.05) is 6.54 Å². The number of carbonyl (C=O) groups is 2. The topological polar surface area (TPSA) is 57.6 Å². The van der Waals surface area contributed by atoms with E-state index in [0.717, 1.165) is 0 Å². The first-order valence-corrected chi connectivity index (χ1v) is 4.74. The normalized spacial score (nSPS) is 12.8. The molecule has 0 aliphatic heterocycles. The second-order valence-corrected chi connectivity index (χ2v) is 2.89. The maximum atomic E-state index is 11.5. The van der Waals surface area contributed by atoms with E-state index in [1.165, 1.54) is 11.0 Å². The number of likely N-dealkylation sites (N-methyl/N-ethyl adjacent to an activating group) is 1. The monoisotopic (exact) mass is 199 g/mol. The van der Waals surface area contributed by atoms with Crippen LogP contribution in [0.3, 0.4) is 0 Å². The van der Waals surface area contributed by atoms with Gasteiger partial charge >= 0.3 is 5.97 Å². The minimum atomic E-state index is -0.952. The van der Waals surface area contributed by atoms with Crippen LogP contribution in [-0.4, -0.2) is 34.5 Å². The molecule has 1 amide bonds. The molecule has 1 N–H and O–H groups in total. The molecule has 80 valence electrons. The molecule has 1 atom stereocenters. The molecule has 4 heteroatoms. The van der Waals surface area contributed by atoms with Crippen LogP contribution in [0.2, 0.25) is 0 Å². The van der Waals surface area contributed by atoms with Gasteiger partial charge in [0.15, 0.2) is 0 Å². The molecule has 4 nitrogen and oxygen atoms in total. The van der Waals surface area contributed by atoms with Gasteiger partial charge < -0.3 is 10.0 Å². The van der Waals surface area contributed by atoms with Crippen LogP contribution in [0.5, 0.6) is 0 Å². The zero-order valence-corrected chi connectivity index (χ0v) is 8.86. The van der Waals surface area contributed by atoms with E-state index in [2.05, 4.69) is 0 Å². The van der Waals surface area contributed by atoms with E-state index in [1.807, 2.05) is 0 Å². The van der Waals surface area contributed by atoms with E-state index in [0.29, 0.717) is 13.0 Å². The van der Waals surface area contributed by atoms with Crippen molar-refractivity contribution >= 4 is 11.9 Å². The number of hydrogen-bond acceptors (Lipinski definition) is 2. The number of hydrogen-bond donors (Lipinski definition) is 1. The van der Waals surface area contributed by atoms with Gasteiger partial charge in [-0.3, -0.25) is 4.79 Å². The third kappa shape index (κ3) is 3.20. The summed E-state index contributed by atoms with van der Waals surface area (Å²) in [5, 5.41) is 8.87. The maximum Gasteiger partial charge on any atom is 0.326 e. The quantitative estimate of drug-likeness (QED) is 0.678. The Morgan fingerprint density at radius 3 is 2.29 bits per heavy atom. The standard InChI is InChI=1S/C10H17NO3/c1-4-7-9(12)11(6-3)8(5-2)10(13)14/h4,7-8H,5-6H2,1-3H3,(H,13,14)/b7-4+/t8-/m0/s1. The molecule has 0 radical (unpaired) electrons. The van der Waals surface area contributed by atoms with Gasteiger partial charge in [-0.05, 0) is 26.3 Å². The largest absolute Gasteiger partial charge is 0.480 e. The highest BCUT2D eigenvalue weighted by atomic mass is 16.4. The number of amides is 1. The van der Waals surface area contributed by atoms with Crippen molar-refractivity contribution in [2.45, 2.75) is 33.2 Å². The maximum absolute atomic E-state index is 11.5. The summed E-state index contributed by atoms with van der Waals surface area (Å²) in [5.74, 6) is -1.20. The molecule has 0 aromatic rings. The smallest absolute Gasteiger partial charge is 0.326 e. The van der Waals surface area contributed by atoms with Crippen LogP contribution in [0, 0.1) is 0 Å². The zero-order chi connectivity index (χ0) is 11.1. The Morgan fingerprint density at radius 2 is 2.00 bits per heavy atom. The fourth-order valence-electron chi connectivity index (χ4n) is 1.30. The van der Waals surface area contributed by atoms with Crippen LogP contribution in [0.1, 0.15) is 27.2 Å². The number of rotatable bonds is 5. The molecule has 0 spiro atoms. The number of nitrogens with zero attached hydrogens (tertiary/aromatic N) is 1. The summed E-state index contributed by atoms with van der Waals surface area (Å²) < 4.78 is 0. The van der Waals surface area contributed by atoms with Gasteiger partial charge in [0.1, 0.15) is 6.04 Å². The predicted molar refractivity (Wildman–Crippen MR) is 53.9 cm³/mol. The molecule has 14 heavy (non-hydrogen) atoms. The Labute approximate surface area is 84.2 Å². The van der Waals surface area contributed by atoms with Crippen LogP contribution in [0.25, 0.3) is 0 Å². The SMILES string of the molecule is C/C=C/C(=O)N(CC)[C@@H](CC)C(=O)O. The number of allylic oxidation sites excluding steroid dienone is 1. The van der Waals surface area contributed by atoms with Crippen molar-refractivity contribution in [2.24, 2.45) is 0 Å². The second-order valence-electron chi connectivity index (χ2n) is 2.89. The Balaban J connectivity index is 4.67. The first kappa shape index (κ1) is 12.7. The Morgan fingerprint density at radius 1 is 1.43 bits per heavy atom. The van der Waals surface area contributed by atoms with E-state index in [4.69, 9.17) is 5.11 Å². The summed E-state index contributed by atoms with van der Waals surface area (Å²) in [4.78, 5) is 23.6. The van der Waals surface area contributed by atoms with E-state index in [1.54, 1.807) is 26.8 Å². The molecule has 0 unspecified atom stereocenters. The van der Waals surface area contributed by atoms with Gasteiger partial charge in [-0.2, -0.15) is 0 Å². The van der Waals surface area contributed by atoms with E-state index in [-0.39, 0.29) is 5.91 Å². The highest BCUT2D eigenvalue weighted by molar-refractivity contribution is 5.91. The number of aliphatic carboxylic acids is 1. The van der Waals surface area contributed by atoms with Crippen LogP contribution in [0.15, 0.2) is 12.2 Å². The molecule has 0 saturated heterocycles. The minimum absolute atomic E-state index is 0.246. The van der Waals surface area contributed by atoms with Crippen molar-refractivity contribution in [3.05, 3.63) is 12.2 Å². The van der Waals surface area contributed by atoms with Gasteiger partial charge in [0.25, 0.3) is 0 Å². The Bertz CT molecular complexity index is 236. The molecule has 0 aromatic heterocycles. The van der Waals surface area contributed by atoms with E-state index < -0.39 is 12.0 Å². The summed E-state index contributed by atoms with van der Waals surface area (Å²) in [5.41, 5.74) is 0. The van der Waals surface area contributed by atoms with Crippen molar-refractivity contribution in [3.63, 3.8) is 0 Å². The second kappa shape index (κ2) is 6.18. The van der Waals surface area contributed by atoms with Gasteiger partial charge in [0, 0.05) is 6.54 Å². The molecule has 0 bridgehead atoms. The average molecular weight is 199 g/mol. The van der Waals surface area contributed by atoms with Gasteiger partial charge in [-0.25, -0.2) is 4.79 Å². The first-order valence-electron chi connectivity index (χ1n) is 4.74. The Hall–Kier alpha value is -1.32. The third-order valence-corrected chi connectivity index (χ3v) is 1.98. The van der Waals surface area contributed by atoms with Crippen LogP contribution < -0.4 is 0 Å². The first-order chi connectivity index (χ1) is 6.58. The summed E-state index contributed by atoms with van der Waals surface area (Å²) in [7, 11) is 0. The summed E-state index contributed by atoms with van der Waals surface area (Å²) in [6.45, 7) is 5.67. The van der Waals surface area contributed by atoms with Crippen molar-refractivity contribution < 1.29 is 14.7 Å². The fraction of sp³-hybridized carbons (Fsp3) is 0.600. The molecular weight excluding hydrogens is 182 g/mol. The summed E-state index contributed by atoms with van der Waals surface area (Å²) in [6, 6.07) is -0.719. The molecular formula is C10H17NO3. The van der Waals surface area contributed by atoms with Crippen molar-refractivity contribution in [1.82, 2.24) is 4.90 Å². The average Bonchev–Trinajstić information content (AvgIpc) is 2.13. The molecule has 0 saturated carbocycles. The number of carboxylic acid groups (broad SMARTS) is 1. The molecule has 0 aliphatic carbocycles. The lowest BCUT2D eigenvalue weighted by molar-refractivity contribution is -0.148. The van der Waals surface area contributed by atoms with Crippen molar-refractivity contribution in [1.29, 1.82) is 0 Å². The molecule has 0 aliphatic rings. The lowest BCUT2D eigenvalue weighted by Crippen LogP contribution is -2.43. The highest BCUT2D eigenvalue weighted by Crippen LogP contribution is 2.05. The number of carboxylic acids is 1. The fourth-order valence-corrected chi connectivity index (χ4v) is 1.30. The van der Waals surface area contributed by atoms with Crippen molar-refractivity contribution in [3.8, 4) is 0 Å². The van der Waals surface area contributed by atoms with Crippen LogP contribution in [-0.2, 0) is 9.59 Å². The lowest BCUT2D eigenvalue weighted by Gasteiger charge is -2.25. The predicted octanol–water partition coefficient (Wildman–Crippen LogP) is 1.27. The lowest BCUT2D eigenvalue weighted by atomic mass is 10.2. The molecule has 0 fully saturated rings. The van der Waals surface area contributed by atoms with Gasteiger partial charge in [-0.1, -0.05) is 13.0 Å². The van der Waals surface area contributed by atoms with E-state index in [9.17, 15) is 9.59 Å². The van der Waals surface area contributed by atoms with E-state index >= 15 is 0 Å². The van der Waals surface area contributed by atoms with Crippen LogP contribution in [0.4, 0.5) is 0 Å². The summed E-state index contributed by atoms with van der Waals surface area (Å²) in [6.07, 6.45) is 3.42. The zero-order valence-electron chi connectivity index (χ0n) is 8.86. The van der Waals surface area contributed by atoms with Crippen LogP contribution >= 0.6 is 0 Å². The Kier molecular flexibility index (Phi) is 5.60.